The molecule has 0 amide bonds. The molecule has 0 saturated carbocycles. The lowest BCUT2D eigenvalue weighted by Crippen LogP contribution is -2.08. The van der Waals surface area contributed by atoms with Gasteiger partial charge in [-0.05, 0) is 44.4 Å². The molecule has 2 aromatic carbocycles. The summed E-state index contributed by atoms with van der Waals surface area (Å²) in [6.07, 6.45) is 1.06. The lowest BCUT2D eigenvalue weighted by Gasteiger charge is -2.19. The van der Waals surface area contributed by atoms with Gasteiger partial charge in [0.05, 0.1) is 0 Å². The van der Waals surface area contributed by atoms with Crippen LogP contribution in [-0.2, 0) is 6.42 Å². The molecule has 2 aromatic rings. The molecule has 0 aliphatic heterocycles. The van der Waals surface area contributed by atoms with Gasteiger partial charge < -0.3 is 5.32 Å². The second-order valence-corrected chi connectivity index (χ2v) is 5.30. The molecule has 0 saturated heterocycles. The number of anilines is 1. The van der Waals surface area contributed by atoms with E-state index in [1.165, 1.54) is 27.9 Å². The van der Waals surface area contributed by atoms with Crippen molar-refractivity contribution in [3.05, 3.63) is 64.7 Å². The molecule has 0 aromatic heterocycles. The van der Waals surface area contributed by atoms with Crippen molar-refractivity contribution < 1.29 is 0 Å². The lowest BCUT2D eigenvalue weighted by molar-refractivity contribution is 0.875. The van der Waals surface area contributed by atoms with E-state index in [9.17, 15) is 0 Å². The van der Waals surface area contributed by atoms with Gasteiger partial charge in [-0.3, -0.25) is 0 Å². The van der Waals surface area contributed by atoms with Crippen LogP contribution in [0.3, 0.4) is 0 Å². The molecule has 0 aliphatic rings. The van der Waals surface area contributed by atoms with Crippen LogP contribution in [0.15, 0.2) is 42.5 Å². The molecule has 1 unspecified atom stereocenters. The Bertz CT molecular complexity index is 537. The molecule has 1 atom stereocenters. The SMILES string of the molecule is CCc1ccccc1NC(C)c1cc(C)cc(C)c1. The predicted octanol–water partition coefficient (Wildman–Crippen LogP) is 5.04. The summed E-state index contributed by atoms with van der Waals surface area (Å²) in [6.45, 7) is 8.73. The van der Waals surface area contributed by atoms with Crippen LogP contribution in [0.1, 0.15) is 42.1 Å². The van der Waals surface area contributed by atoms with Gasteiger partial charge in [0.25, 0.3) is 0 Å². The number of aryl methyl sites for hydroxylation is 3. The number of rotatable bonds is 4. The molecule has 0 spiro atoms. The van der Waals surface area contributed by atoms with Crippen LogP contribution >= 0.6 is 0 Å². The fourth-order valence-electron chi connectivity index (χ4n) is 2.55. The number of hydrogen-bond donors (Lipinski definition) is 1. The van der Waals surface area contributed by atoms with Crippen LogP contribution in [0.4, 0.5) is 5.69 Å². The molecule has 19 heavy (non-hydrogen) atoms. The maximum Gasteiger partial charge on any atom is 0.0485 e. The fraction of sp³-hybridized carbons (Fsp3) is 0.333. The maximum absolute atomic E-state index is 3.63. The normalized spacial score (nSPS) is 12.2. The molecular weight excluding hydrogens is 230 g/mol. The summed E-state index contributed by atoms with van der Waals surface area (Å²) in [5, 5.41) is 3.63. The second-order valence-electron chi connectivity index (χ2n) is 5.30. The van der Waals surface area contributed by atoms with Gasteiger partial charge >= 0.3 is 0 Å². The van der Waals surface area contributed by atoms with Crippen molar-refractivity contribution in [1.29, 1.82) is 0 Å². The molecule has 0 radical (unpaired) electrons. The average molecular weight is 253 g/mol. The van der Waals surface area contributed by atoms with E-state index in [4.69, 9.17) is 0 Å². The number of nitrogens with one attached hydrogen (secondary N) is 1. The highest BCUT2D eigenvalue weighted by Crippen LogP contribution is 2.24. The molecule has 100 valence electrons. The Hall–Kier alpha value is -1.76. The van der Waals surface area contributed by atoms with Crippen LogP contribution in [0.25, 0.3) is 0 Å². The van der Waals surface area contributed by atoms with Gasteiger partial charge in [0.2, 0.25) is 0 Å². The fourth-order valence-corrected chi connectivity index (χ4v) is 2.55. The topological polar surface area (TPSA) is 12.0 Å². The zero-order chi connectivity index (χ0) is 13.8. The van der Waals surface area contributed by atoms with Crippen molar-refractivity contribution in [3.63, 3.8) is 0 Å². The largest absolute Gasteiger partial charge is 0.378 e. The summed E-state index contributed by atoms with van der Waals surface area (Å²) >= 11 is 0. The first-order valence-corrected chi connectivity index (χ1v) is 7.02. The van der Waals surface area contributed by atoms with Gasteiger partial charge in [-0.1, -0.05) is 54.4 Å². The molecule has 0 heterocycles. The van der Waals surface area contributed by atoms with E-state index < -0.39 is 0 Å². The molecule has 1 N–H and O–H groups in total. The zero-order valence-corrected chi connectivity index (χ0v) is 12.3. The number of para-hydroxylation sites is 1. The smallest absolute Gasteiger partial charge is 0.0485 e. The van der Waals surface area contributed by atoms with E-state index in [-0.39, 0.29) is 0 Å². The summed E-state index contributed by atoms with van der Waals surface area (Å²) in [7, 11) is 0. The number of benzene rings is 2. The van der Waals surface area contributed by atoms with Gasteiger partial charge in [-0.2, -0.15) is 0 Å². The molecule has 0 fully saturated rings. The van der Waals surface area contributed by atoms with Gasteiger partial charge in [0, 0.05) is 11.7 Å². The van der Waals surface area contributed by atoms with Gasteiger partial charge in [0.1, 0.15) is 0 Å². The minimum atomic E-state index is 0.325. The first kappa shape index (κ1) is 13.7. The second kappa shape index (κ2) is 5.92. The molecular formula is C18H23N. The maximum atomic E-state index is 3.63. The molecule has 0 aliphatic carbocycles. The van der Waals surface area contributed by atoms with E-state index >= 15 is 0 Å². The molecule has 0 bridgehead atoms. The van der Waals surface area contributed by atoms with E-state index in [0.29, 0.717) is 6.04 Å². The van der Waals surface area contributed by atoms with Gasteiger partial charge in [-0.15, -0.1) is 0 Å². The highest BCUT2D eigenvalue weighted by Gasteiger charge is 2.08. The lowest BCUT2D eigenvalue weighted by atomic mass is 10.0. The Balaban J connectivity index is 2.22. The Morgan fingerprint density at radius 2 is 1.63 bits per heavy atom. The average Bonchev–Trinajstić information content (AvgIpc) is 2.38. The van der Waals surface area contributed by atoms with E-state index in [1.807, 2.05) is 0 Å². The van der Waals surface area contributed by atoms with Crippen LogP contribution in [0, 0.1) is 13.8 Å². The summed E-state index contributed by atoms with van der Waals surface area (Å²) in [4.78, 5) is 0. The summed E-state index contributed by atoms with van der Waals surface area (Å²) in [5.74, 6) is 0. The van der Waals surface area contributed by atoms with Crippen molar-refractivity contribution in [2.75, 3.05) is 5.32 Å². The minimum Gasteiger partial charge on any atom is -0.378 e. The third-order valence-corrected chi connectivity index (χ3v) is 3.51. The summed E-state index contributed by atoms with van der Waals surface area (Å²) in [5.41, 5.74) is 6.62. The van der Waals surface area contributed by atoms with E-state index in [1.54, 1.807) is 0 Å². The van der Waals surface area contributed by atoms with Crippen LogP contribution < -0.4 is 5.32 Å². The first-order valence-electron chi connectivity index (χ1n) is 7.02. The summed E-state index contributed by atoms with van der Waals surface area (Å²) in [6, 6.07) is 15.6. The monoisotopic (exact) mass is 253 g/mol. The van der Waals surface area contributed by atoms with Crippen molar-refractivity contribution >= 4 is 5.69 Å². The van der Waals surface area contributed by atoms with Gasteiger partial charge in [0.15, 0.2) is 0 Å². The third-order valence-electron chi connectivity index (χ3n) is 3.51. The van der Waals surface area contributed by atoms with E-state index in [2.05, 4.69) is 75.5 Å². The standard InChI is InChI=1S/C18H23N/c1-5-16-8-6-7-9-18(16)19-15(4)17-11-13(2)10-14(3)12-17/h6-12,15,19H,5H2,1-4H3. The van der Waals surface area contributed by atoms with Crippen molar-refractivity contribution in [2.45, 2.75) is 40.2 Å². The Morgan fingerprint density at radius 1 is 1.00 bits per heavy atom. The first-order chi connectivity index (χ1) is 9.10. The highest BCUT2D eigenvalue weighted by atomic mass is 14.9. The van der Waals surface area contributed by atoms with Crippen molar-refractivity contribution in [2.24, 2.45) is 0 Å². The quantitative estimate of drug-likeness (QED) is 0.805. The molecule has 2 rings (SSSR count). The Labute approximate surface area is 116 Å². The van der Waals surface area contributed by atoms with Crippen molar-refractivity contribution in [3.8, 4) is 0 Å². The van der Waals surface area contributed by atoms with Crippen LogP contribution in [0.2, 0.25) is 0 Å². The highest BCUT2D eigenvalue weighted by molar-refractivity contribution is 5.52. The third kappa shape index (κ3) is 3.37. The zero-order valence-electron chi connectivity index (χ0n) is 12.3. The van der Waals surface area contributed by atoms with Gasteiger partial charge in [-0.25, -0.2) is 0 Å². The van der Waals surface area contributed by atoms with Crippen molar-refractivity contribution in [1.82, 2.24) is 0 Å². The van der Waals surface area contributed by atoms with Crippen LogP contribution in [0.5, 0.6) is 0 Å². The minimum absolute atomic E-state index is 0.325. The Kier molecular flexibility index (Phi) is 4.26. The summed E-state index contributed by atoms with van der Waals surface area (Å²) < 4.78 is 0. The van der Waals surface area contributed by atoms with E-state index in [0.717, 1.165) is 6.42 Å². The predicted molar refractivity (Wildman–Crippen MR) is 83.8 cm³/mol. The Morgan fingerprint density at radius 3 is 2.26 bits per heavy atom. The molecule has 1 heteroatoms. The van der Waals surface area contributed by atoms with Crippen LogP contribution in [-0.4, -0.2) is 0 Å². The number of hydrogen-bond acceptors (Lipinski definition) is 1. The molecule has 1 nitrogen and oxygen atoms in total.